The molecule has 1 fully saturated rings. The summed E-state index contributed by atoms with van der Waals surface area (Å²) < 4.78 is 0. The number of thioether (sulfide) groups is 1. The number of nitro groups is 1. The number of nitrogens with one attached hydrogen (secondary N) is 1. The van der Waals surface area contributed by atoms with Crippen LogP contribution in [0.4, 0.5) is 11.4 Å². The quantitative estimate of drug-likeness (QED) is 0.461. The van der Waals surface area contributed by atoms with Crippen molar-refractivity contribution in [2.75, 3.05) is 0 Å². The first-order chi connectivity index (χ1) is 11.9. The van der Waals surface area contributed by atoms with Crippen molar-refractivity contribution in [3.8, 4) is 0 Å². The maximum absolute atomic E-state index is 12.1. The number of amides is 1. The van der Waals surface area contributed by atoms with E-state index in [2.05, 4.69) is 10.3 Å². The molecule has 2 aromatic carbocycles. The van der Waals surface area contributed by atoms with Crippen molar-refractivity contribution in [3.63, 3.8) is 0 Å². The molecule has 0 atom stereocenters. The highest BCUT2D eigenvalue weighted by molar-refractivity contribution is 8.18. The molecule has 0 radical (unpaired) electrons. The van der Waals surface area contributed by atoms with Gasteiger partial charge in [-0.2, -0.15) is 0 Å². The summed E-state index contributed by atoms with van der Waals surface area (Å²) in [6.07, 6.45) is 1.57. The molecule has 1 heterocycles. The molecule has 3 rings (SSSR count). The number of hydrogen-bond donors (Lipinski definition) is 1. The summed E-state index contributed by atoms with van der Waals surface area (Å²) in [5.41, 5.74) is 1.07. The molecule has 0 aliphatic carbocycles. The van der Waals surface area contributed by atoms with Crippen molar-refractivity contribution in [2.45, 2.75) is 0 Å². The minimum atomic E-state index is -0.485. The van der Waals surface area contributed by atoms with Crippen molar-refractivity contribution < 1.29 is 9.72 Å². The Hall–Kier alpha value is -2.35. The van der Waals surface area contributed by atoms with E-state index in [0.717, 1.165) is 11.8 Å². The Balaban J connectivity index is 1.84. The molecule has 1 aliphatic heterocycles. The van der Waals surface area contributed by atoms with Gasteiger partial charge in [0, 0.05) is 12.1 Å². The molecule has 0 bridgehead atoms. The highest BCUT2D eigenvalue weighted by atomic mass is 35.5. The molecule has 0 unspecified atom stereocenters. The van der Waals surface area contributed by atoms with Gasteiger partial charge >= 0.3 is 0 Å². The third-order valence-corrected chi connectivity index (χ3v) is 4.81. The summed E-state index contributed by atoms with van der Waals surface area (Å²) in [6, 6.07) is 10.9. The van der Waals surface area contributed by atoms with E-state index in [1.165, 1.54) is 12.1 Å². The Morgan fingerprint density at radius 1 is 1.16 bits per heavy atom. The third-order valence-electron chi connectivity index (χ3n) is 3.16. The molecule has 1 amide bonds. The van der Waals surface area contributed by atoms with Gasteiger partial charge in [-0.25, -0.2) is 4.99 Å². The first kappa shape index (κ1) is 17.5. The lowest BCUT2D eigenvalue weighted by Gasteiger charge is -1.99. The van der Waals surface area contributed by atoms with Crippen LogP contribution in [-0.4, -0.2) is 16.0 Å². The molecule has 1 saturated heterocycles. The van der Waals surface area contributed by atoms with E-state index in [9.17, 15) is 14.9 Å². The number of amidine groups is 1. The van der Waals surface area contributed by atoms with Gasteiger partial charge in [0.2, 0.25) is 0 Å². The summed E-state index contributed by atoms with van der Waals surface area (Å²) >= 11 is 12.9. The molecule has 0 aromatic heterocycles. The zero-order valence-corrected chi connectivity index (χ0v) is 14.7. The molecular formula is C16H9Cl2N3O3S. The van der Waals surface area contributed by atoms with Gasteiger partial charge in [-0.15, -0.1) is 0 Å². The van der Waals surface area contributed by atoms with Crippen LogP contribution in [0.2, 0.25) is 10.0 Å². The van der Waals surface area contributed by atoms with Crippen molar-refractivity contribution in [2.24, 2.45) is 4.99 Å². The summed E-state index contributed by atoms with van der Waals surface area (Å²) in [7, 11) is 0. The lowest BCUT2D eigenvalue weighted by molar-refractivity contribution is -0.384. The van der Waals surface area contributed by atoms with Crippen LogP contribution in [0.3, 0.4) is 0 Å². The van der Waals surface area contributed by atoms with Crippen LogP contribution in [0.15, 0.2) is 52.4 Å². The maximum atomic E-state index is 12.1. The van der Waals surface area contributed by atoms with Crippen molar-refractivity contribution in [3.05, 3.63) is 73.1 Å². The predicted molar refractivity (Wildman–Crippen MR) is 100 cm³/mol. The van der Waals surface area contributed by atoms with Gasteiger partial charge in [0.15, 0.2) is 5.17 Å². The Kier molecular flexibility index (Phi) is 5.08. The largest absolute Gasteiger partial charge is 0.300 e. The molecule has 126 valence electrons. The van der Waals surface area contributed by atoms with Crippen molar-refractivity contribution >= 4 is 63.5 Å². The second-order valence-electron chi connectivity index (χ2n) is 4.93. The number of nitrogens with zero attached hydrogens (tertiary/aromatic N) is 2. The van der Waals surface area contributed by atoms with Gasteiger partial charge < -0.3 is 5.32 Å². The Morgan fingerprint density at radius 2 is 1.96 bits per heavy atom. The van der Waals surface area contributed by atoms with E-state index in [1.54, 1.807) is 36.4 Å². The molecule has 2 aromatic rings. The first-order valence-electron chi connectivity index (χ1n) is 6.91. The number of halogens is 2. The van der Waals surface area contributed by atoms with Crippen LogP contribution in [0, 0.1) is 10.1 Å². The fraction of sp³-hybridized carbons (Fsp3) is 0. The number of non-ortho nitro benzene ring substituents is 1. The summed E-state index contributed by atoms with van der Waals surface area (Å²) in [5.74, 6) is -0.324. The van der Waals surface area contributed by atoms with Crippen LogP contribution < -0.4 is 5.32 Å². The number of carbonyl (C=O) groups is 1. The van der Waals surface area contributed by atoms with E-state index in [-0.39, 0.29) is 11.6 Å². The monoisotopic (exact) mass is 393 g/mol. The van der Waals surface area contributed by atoms with E-state index in [0.29, 0.717) is 31.4 Å². The maximum Gasteiger partial charge on any atom is 0.270 e. The van der Waals surface area contributed by atoms with Crippen LogP contribution in [-0.2, 0) is 4.79 Å². The second kappa shape index (κ2) is 7.26. The highest BCUT2D eigenvalue weighted by Gasteiger charge is 2.24. The van der Waals surface area contributed by atoms with E-state index < -0.39 is 4.92 Å². The highest BCUT2D eigenvalue weighted by Crippen LogP contribution is 2.31. The molecule has 0 saturated carbocycles. The minimum Gasteiger partial charge on any atom is -0.300 e. The molecule has 6 nitrogen and oxygen atoms in total. The van der Waals surface area contributed by atoms with Crippen LogP contribution in [0.5, 0.6) is 0 Å². The summed E-state index contributed by atoms with van der Waals surface area (Å²) in [4.78, 5) is 27.1. The van der Waals surface area contributed by atoms with Crippen molar-refractivity contribution in [1.29, 1.82) is 0 Å². The minimum absolute atomic E-state index is 0.0394. The predicted octanol–water partition coefficient (Wildman–Crippen LogP) is 4.79. The van der Waals surface area contributed by atoms with Gasteiger partial charge in [-0.1, -0.05) is 35.3 Å². The fourth-order valence-corrected chi connectivity index (χ4v) is 3.17. The molecule has 9 heteroatoms. The zero-order chi connectivity index (χ0) is 18.0. The Bertz CT molecular complexity index is 944. The number of hydrogen-bond acceptors (Lipinski definition) is 5. The van der Waals surface area contributed by atoms with Gasteiger partial charge in [-0.3, -0.25) is 14.9 Å². The van der Waals surface area contributed by atoms with Crippen LogP contribution in [0.25, 0.3) is 6.08 Å². The normalized spacial score (nSPS) is 17.1. The summed E-state index contributed by atoms with van der Waals surface area (Å²) in [5, 5.41) is 14.6. The van der Waals surface area contributed by atoms with E-state index >= 15 is 0 Å². The molecule has 0 spiro atoms. The number of carbonyl (C=O) groups excluding carboxylic acids is 1. The standard InChI is InChI=1S/C16H9Cl2N3O3S/c17-12-5-4-10(8-13(12)18)19-16-20-15(22)14(25-16)7-9-2-1-3-11(6-9)21(23)24/h1-8H,(H,19,20,22)/b14-7+. The summed E-state index contributed by atoms with van der Waals surface area (Å²) in [6.45, 7) is 0. The van der Waals surface area contributed by atoms with Gasteiger partial charge in [0.25, 0.3) is 11.6 Å². The Morgan fingerprint density at radius 3 is 2.68 bits per heavy atom. The lowest BCUT2D eigenvalue weighted by atomic mass is 10.2. The average molecular weight is 394 g/mol. The average Bonchev–Trinajstić information content (AvgIpc) is 2.90. The zero-order valence-electron chi connectivity index (χ0n) is 12.4. The first-order valence-corrected chi connectivity index (χ1v) is 8.49. The third kappa shape index (κ3) is 4.19. The second-order valence-corrected chi connectivity index (χ2v) is 6.78. The van der Waals surface area contributed by atoms with Crippen molar-refractivity contribution in [1.82, 2.24) is 5.32 Å². The smallest absolute Gasteiger partial charge is 0.270 e. The molecule has 1 aliphatic rings. The topological polar surface area (TPSA) is 84.6 Å². The number of rotatable bonds is 3. The van der Waals surface area contributed by atoms with Gasteiger partial charge in [-0.05, 0) is 41.6 Å². The number of aliphatic imine (C=N–C) groups is 1. The van der Waals surface area contributed by atoms with E-state index in [1.807, 2.05) is 0 Å². The van der Waals surface area contributed by atoms with Gasteiger partial charge in [0.1, 0.15) is 0 Å². The fourth-order valence-electron chi connectivity index (χ4n) is 2.03. The van der Waals surface area contributed by atoms with Crippen LogP contribution in [0.1, 0.15) is 5.56 Å². The number of benzene rings is 2. The Labute approximate surface area is 156 Å². The lowest BCUT2D eigenvalue weighted by Crippen LogP contribution is -2.19. The van der Waals surface area contributed by atoms with Crippen LogP contribution >= 0.6 is 35.0 Å². The SMILES string of the molecule is O=C1NC(=Nc2ccc(Cl)c(Cl)c2)S/C1=C/c1cccc([N+](=O)[O-])c1. The number of nitro benzene ring substituents is 1. The molecular weight excluding hydrogens is 385 g/mol. The molecule has 25 heavy (non-hydrogen) atoms. The van der Waals surface area contributed by atoms with Gasteiger partial charge in [0.05, 0.1) is 25.6 Å². The molecule has 1 N–H and O–H groups in total. The van der Waals surface area contributed by atoms with E-state index in [4.69, 9.17) is 23.2 Å².